The maximum absolute atomic E-state index is 2.21. The van der Waals surface area contributed by atoms with Crippen LogP contribution in [0.3, 0.4) is 0 Å². The van der Waals surface area contributed by atoms with Gasteiger partial charge in [0.25, 0.3) is 0 Å². The van der Waals surface area contributed by atoms with Crippen molar-refractivity contribution in [3.8, 4) is 0 Å². The molecule has 2 aromatic rings. The van der Waals surface area contributed by atoms with Gasteiger partial charge in [0, 0.05) is 21.3 Å². The van der Waals surface area contributed by atoms with Gasteiger partial charge in [-0.05, 0) is 37.1 Å². The fourth-order valence-corrected chi connectivity index (χ4v) is 3.79. The molecule has 0 N–H and O–H groups in total. The zero-order chi connectivity index (χ0) is 12.8. The van der Waals surface area contributed by atoms with Crippen molar-refractivity contribution in [2.45, 2.75) is 23.6 Å². The zero-order valence-corrected chi connectivity index (χ0v) is 12.5. The van der Waals surface area contributed by atoms with E-state index in [1.807, 2.05) is 23.5 Å². The molecular formula is C16H18S2. The monoisotopic (exact) mass is 274 g/mol. The lowest BCUT2D eigenvalue weighted by Gasteiger charge is -2.06. The van der Waals surface area contributed by atoms with Gasteiger partial charge in [-0.25, -0.2) is 0 Å². The highest BCUT2D eigenvalue weighted by molar-refractivity contribution is 8.03. The standard InChI is InChI=1S/C16H18S2/c1-13-7-3-5-9-15(13)17-11-12-18-16-10-6-4-8-14(16)2/h3-10H,11-12H2,1-2H3. The molecule has 0 spiro atoms. The minimum Gasteiger partial charge on any atom is -0.125 e. The first kappa shape index (κ1) is 13.6. The van der Waals surface area contributed by atoms with Gasteiger partial charge < -0.3 is 0 Å². The van der Waals surface area contributed by atoms with Crippen LogP contribution >= 0.6 is 23.5 Å². The SMILES string of the molecule is Cc1ccccc1SCCSc1ccccc1C. The van der Waals surface area contributed by atoms with E-state index in [1.165, 1.54) is 20.9 Å². The van der Waals surface area contributed by atoms with Crippen LogP contribution in [0.2, 0.25) is 0 Å². The summed E-state index contributed by atoms with van der Waals surface area (Å²) in [4.78, 5) is 2.81. The second-order valence-corrected chi connectivity index (χ2v) is 6.50. The summed E-state index contributed by atoms with van der Waals surface area (Å²) in [7, 11) is 0. The van der Waals surface area contributed by atoms with Crippen molar-refractivity contribution in [3.05, 3.63) is 59.7 Å². The Morgan fingerprint density at radius 1 is 0.667 bits per heavy atom. The fraction of sp³-hybridized carbons (Fsp3) is 0.250. The maximum Gasteiger partial charge on any atom is 0.0101 e. The summed E-state index contributed by atoms with van der Waals surface area (Å²) in [5.41, 5.74) is 2.76. The molecule has 0 saturated carbocycles. The van der Waals surface area contributed by atoms with Crippen molar-refractivity contribution < 1.29 is 0 Å². The van der Waals surface area contributed by atoms with Crippen molar-refractivity contribution in [2.24, 2.45) is 0 Å². The molecule has 2 aromatic carbocycles. The summed E-state index contributed by atoms with van der Waals surface area (Å²) in [5.74, 6) is 2.31. The minimum atomic E-state index is 1.16. The van der Waals surface area contributed by atoms with Crippen LogP contribution in [0.4, 0.5) is 0 Å². The molecule has 0 aromatic heterocycles. The van der Waals surface area contributed by atoms with Crippen molar-refractivity contribution in [3.63, 3.8) is 0 Å². The molecule has 0 atom stereocenters. The molecule has 0 amide bonds. The van der Waals surface area contributed by atoms with Gasteiger partial charge in [0.2, 0.25) is 0 Å². The molecule has 0 aliphatic heterocycles. The van der Waals surface area contributed by atoms with Crippen LogP contribution in [-0.4, -0.2) is 11.5 Å². The maximum atomic E-state index is 2.21. The van der Waals surface area contributed by atoms with Crippen molar-refractivity contribution >= 4 is 23.5 Å². The number of thioether (sulfide) groups is 2. The molecule has 0 heterocycles. The number of hydrogen-bond acceptors (Lipinski definition) is 2. The molecule has 0 radical (unpaired) electrons. The predicted octanol–water partition coefficient (Wildman–Crippen LogP) is 5.19. The number of benzene rings is 2. The Morgan fingerprint density at radius 2 is 1.06 bits per heavy atom. The van der Waals surface area contributed by atoms with Gasteiger partial charge in [-0.2, -0.15) is 0 Å². The van der Waals surface area contributed by atoms with Crippen LogP contribution in [0.1, 0.15) is 11.1 Å². The highest BCUT2D eigenvalue weighted by Gasteiger charge is 2.00. The van der Waals surface area contributed by atoms with Crippen LogP contribution in [0.25, 0.3) is 0 Å². The molecule has 0 nitrogen and oxygen atoms in total. The Hall–Kier alpha value is -0.860. The van der Waals surface area contributed by atoms with Gasteiger partial charge in [0.15, 0.2) is 0 Å². The molecule has 2 rings (SSSR count). The summed E-state index contributed by atoms with van der Waals surface area (Å²) in [6, 6.07) is 17.2. The van der Waals surface area contributed by atoms with Crippen molar-refractivity contribution in [1.82, 2.24) is 0 Å². The Bertz CT molecular complexity index is 458. The summed E-state index contributed by atoms with van der Waals surface area (Å²) in [6.07, 6.45) is 0. The average molecular weight is 274 g/mol. The van der Waals surface area contributed by atoms with Gasteiger partial charge in [0.1, 0.15) is 0 Å². The molecule has 0 unspecified atom stereocenters. The highest BCUT2D eigenvalue weighted by atomic mass is 32.2. The second kappa shape index (κ2) is 6.91. The topological polar surface area (TPSA) is 0 Å². The van der Waals surface area contributed by atoms with E-state index >= 15 is 0 Å². The van der Waals surface area contributed by atoms with E-state index < -0.39 is 0 Å². The van der Waals surface area contributed by atoms with Gasteiger partial charge in [-0.3, -0.25) is 0 Å². The predicted molar refractivity (Wildman–Crippen MR) is 83.8 cm³/mol. The second-order valence-electron chi connectivity index (χ2n) is 4.23. The van der Waals surface area contributed by atoms with E-state index in [2.05, 4.69) is 62.4 Å². The molecule has 18 heavy (non-hydrogen) atoms. The van der Waals surface area contributed by atoms with Crippen LogP contribution in [0.5, 0.6) is 0 Å². The van der Waals surface area contributed by atoms with E-state index in [0.717, 1.165) is 11.5 Å². The van der Waals surface area contributed by atoms with E-state index in [-0.39, 0.29) is 0 Å². The van der Waals surface area contributed by atoms with E-state index in [4.69, 9.17) is 0 Å². The largest absolute Gasteiger partial charge is 0.125 e. The van der Waals surface area contributed by atoms with Crippen LogP contribution in [0.15, 0.2) is 58.3 Å². The molecule has 0 aliphatic carbocycles. The Kier molecular flexibility index (Phi) is 5.21. The third-order valence-corrected chi connectivity index (χ3v) is 5.40. The number of aryl methyl sites for hydroxylation is 2. The molecule has 0 saturated heterocycles. The normalized spacial score (nSPS) is 10.6. The van der Waals surface area contributed by atoms with E-state index in [1.54, 1.807) is 0 Å². The first-order valence-corrected chi connectivity index (χ1v) is 8.11. The fourth-order valence-electron chi connectivity index (χ4n) is 1.74. The Labute approximate surface area is 118 Å². The molecule has 2 heteroatoms. The van der Waals surface area contributed by atoms with Crippen LogP contribution < -0.4 is 0 Å². The van der Waals surface area contributed by atoms with Crippen molar-refractivity contribution in [1.29, 1.82) is 0 Å². The average Bonchev–Trinajstić information content (AvgIpc) is 2.38. The summed E-state index contributed by atoms with van der Waals surface area (Å²) in [6.45, 7) is 4.35. The van der Waals surface area contributed by atoms with Crippen LogP contribution in [-0.2, 0) is 0 Å². The summed E-state index contributed by atoms with van der Waals surface area (Å²) in [5, 5.41) is 0. The zero-order valence-electron chi connectivity index (χ0n) is 10.8. The van der Waals surface area contributed by atoms with Gasteiger partial charge >= 0.3 is 0 Å². The van der Waals surface area contributed by atoms with Crippen LogP contribution in [0, 0.1) is 13.8 Å². The lowest BCUT2D eigenvalue weighted by atomic mass is 10.2. The molecular weight excluding hydrogens is 256 g/mol. The first-order valence-electron chi connectivity index (χ1n) is 6.14. The molecule has 0 bridgehead atoms. The van der Waals surface area contributed by atoms with Gasteiger partial charge in [0.05, 0.1) is 0 Å². The third kappa shape index (κ3) is 3.82. The smallest absolute Gasteiger partial charge is 0.0101 e. The highest BCUT2D eigenvalue weighted by Crippen LogP contribution is 2.26. The minimum absolute atomic E-state index is 1.16. The van der Waals surface area contributed by atoms with E-state index in [0.29, 0.717) is 0 Å². The molecule has 94 valence electrons. The summed E-state index contributed by atoms with van der Waals surface area (Å²) < 4.78 is 0. The van der Waals surface area contributed by atoms with Gasteiger partial charge in [-0.1, -0.05) is 36.4 Å². The van der Waals surface area contributed by atoms with E-state index in [9.17, 15) is 0 Å². The van der Waals surface area contributed by atoms with Crippen molar-refractivity contribution in [2.75, 3.05) is 11.5 Å². The lowest BCUT2D eigenvalue weighted by Crippen LogP contribution is -1.87. The number of rotatable bonds is 5. The lowest BCUT2D eigenvalue weighted by molar-refractivity contribution is 1.29. The molecule has 0 fully saturated rings. The third-order valence-electron chi connectivity index (χ3n) is 2.79. The number of hydrogen-bond donors (Lipinski definition) is 0. The quantitative estimate of drug-likeness (QED) is 0.544. The molecule has 0 aliphatic rings. The summed E-state index contributed by atoms with van der Waals surface area (Å²) >= 11 is 3.90. The Balaban J connectivity index is 1.80. The Morgan fingerprint density at radius 3 is 1.44 bits per heavy atom. The first-order chi connectivity index (χ1) is 8.77. The van der Waals surface area contributed by atoms with Gasteiger partial charge in [-0.15, -0.1) is 23.5 Å².